The number of rotatable bonds is 1. The summed E-state index contributed by atoms with van der Waals surface area (Å²) in [5, 5.41) is 9.02. The van der Waals surface area contributed by atoms with E-state index in [0.717, 1.165) is 34.4 Å². The van der Waals surface area contributed by atoms with Gasteiger partial charge in [-0.15, -0.1) is 0 Å². The van der Waals surface area contributed by atoms with Crippen LogP contribution < -0.4 is 4.74 Å². The van der Waals surface area contributed by atoms with E-state index in [1.165, 1.54) is 0 Å². The fourth-order valence-corrected chi connectivity index (χ4v) is 1.96. The molecule has 12 heavy (non-hydrogen) atoms. The summed E-state index contributed by atoms with van der Waals surface area (Å²) in [6.07, 6.45) is 0.907. The molecule has 0 aliphatic carbocycles. The van der Waals surface area contributed by atoms with Gasteiger partial charge in [0, 0.05) is 12.0 Å². The molecule has 3 heteroatoms. The van der Waals surface area contributed by atoms with E-state index in [1.54, 1.807) is 0 Å². The first-order valence-electron chi connectivity index (χ1n) is 3.87. The van der Waals surface area contributed by atoms with Gasteiger partial charge in [0.2, 0.25) is 0 Å². The Morgan fingerprint density at radius 3 is 3.08 bits per heavy atom. The highest BCUT2D eigenvalue weighted by Gasteiger charge is 2.18. The molecule has 1 aliphatic rings. The van der Waals surface area contributed by atoms with Crippen molar-refractivity contribution in [3.8, 4) is 5.75 Å². The van der Waals surface area contributed by atoms with Crippen molar-refractivity contribution in [2.75, 3.05) is 6.61 Å². The molecule has 0 bridgehead atoms. The summed E-state index contributed by atoms with van der Waals surface area (Å²) in [6, 6.07) is 3.84. The molecule has 0 amide bonds. The van der Waals surface area contributed by atoms with Crippen LogP contribution in [-0.2, 0) is 13.0 Å². The molecule has 1 aliphatic heterocycles. The zero-order valence-electron chi connectivity index (χ0n) is 6.51. The number of halogens is 1. The van der Waals surface area contributed by atoms with Crippen LogP contribution in [-0.4, -0.2) is 11.7 Å². The number of hydrogen-bond acceptors (Lipinski definition) is 2. The summed E-state index contributed by atoms with van der Waals surface area (Å²) in [5.74, 6) is 0.904. The molecule has 2 nitrogen and oxygen atoms in total. The molecule has 0 unspecified atom stereocenters. The van der Waals surface area contributed by atoms with Crippen LogP contribution in [0.25, 0.3) is 0 Å². The van der Waals surface area contributed by atoms with Gasteiger partial charge in [-0.1, -0.05) is 6.07 Å². The van der Waals surface area contributed by atoms with Gasteiger partial charge in [-0.3, -0.25) is 0 Å². The lowest BCUT2D eigenvalue weighted by atomic mass is 10.1. The molecule has 1 aromatic rings. The van der Waals surface area contributed by atoms with Gasteiger partial charge in [0.25, 0.3) is 0 Å². The van der Waals surface area contributed by atoms with Gasteiger partial charge in [-0.05, 0) is 27.6 Å². The first-order chi connectivity index (χ1) is 5.83. The van der Waals surface area contributed by atoms with Crippen LogP contribution in [0.4, 0.5) is 0 Å². The number of benzene rings is 1. The highest BCUT2D eigenvalue weighted by molar-refractivity contribution is 9.10. The van der Waals surface area contributed by atoms with Crippen LogP contribution in [0.2, 0.25) is 0 Å². The summed E-state index contributed by atoms with van der Waals surface area (Å²) >= 11 is 3.40. The molecule has 0 fully saturated rings. The van der Waals surface area contributed by atoms with E-state index in [4.69, 9.17) is 9.84 Å². The van der Waals surface area contributed by atoms with E-state index in [1.807, 2.05) is 12.1 Å². The fourth-order valence-electron chi connectivity index (χ4n) is 1.47. The molecule has 0 saturated heterocycles. The minimum Gasteiger partial charge on any atom is -0.492 e. The zero-order chi connectivity index (χ0) is 8.55. The Balaban J connectivity index is 2.57. The standard InChI is InChI=1S/C9H9BrO2/c10-8-2-1-6(5-11)7-3-4-12-9(7)8/h1-2,11H,3-5H2. The second-order valence-corrected chi connectivity index (χ2v) is 3.63. The topological polar surface area (TPSA) is 29.5 Å². The van der Waals surface area contributed by atoms with Crippen molar-refractivity contribution >= 4 is 15.9 Å². The van der Waals surface area contributed by atoms with Gasteiger partial charge in [-0.2, -0.15) is 0 Å². The third-order valence-electron chi connectivity index (χ3n) is 2.08. The summed E-state index contributed by atoms with van der Waals surface area (Å²) in [4.78, 5) is 0. The number of aliphatic hydroxyl groups excluding tert-OH is 1. The monoisotopic (exact) mass is 228 g/mol. The molecule has 0 aromatic heterocycles. The number of hydrogen-bond donors (Lipinski definition) is 1. The van der Waals surface area contributed by atoms with E-state index in [9.17, 15) is 0 Å². The molecular formula is C9H9BrO2. The van der Waals surface area contributed by atoms with Crippen LogP contribution in [0.1, 0.15) is 11.1 Å². The Hall–Kier alpha value is -0.540. The lowest BCUT2D eigenvalue weighted by Gasteiger charge is -2.05. The van der Waals surface area contributed by atoms with Crippen LogP contribution in [0.15, 0.2) is 16.6 Å². The van der Waals surface area contributed by atoms with Crippen molar-refractivity contribution in [3.63, 3.8) is 0 Å². The summed E-state index contributed by atoms with van der Waals surface area (Å²) in [6.45, 7) is 0.823. The largest absolute Gasteiger partial charge is 0.492 e. The van der Waals surface area contributed by atoms with Crippen LogP contribution in [0.3, 0.4) is 0 Å². The maximum Gasteiger partial charge on any atom is 0.137 e. The molecule has 1 heterocycles. The third-order valence-corrected chi connectivity index (χ3v) is 2.70. The quantitative estimate of drug-likeness (QED) is 0.796. The summed E-state index contributed by atoms with van der Waals surface area (Å²) in [7, 11) is 0. The van der Waals surface area contributed by atoms with Gasteiger partial charge < -0.3 is 9.84 Å². The van der Waals surface area contributed by atoms with Gasteiger partial charge in [0.05, 0.1) is 17.7 Å². The summed E-state index contributed by atoms with van der Waals surface area (Å²) in [5.41, 5.74) is 2.12. The second kappa shape index (κ2) is 3.07. The second-order valence-electron chi connectivity index (χ2n) is 2.77. The first-order valence-corrected chi connectivity index (χ1v) is 4.66. The molecule has 2 rings (SSSR count). The van der Waals surface area contributed by atoms with Crippen molar-refractivity contribution in [2.45, 2.75) is 13.0 Å². The molecular weight excluding hydrogens is 220 g/mol. The predicted octanol–water partition coefficient (Wildman–Crippen LogP) is 1.88. The summed E-state index contributed by atoms with van der Waals surface area (Å²) < 4.78 is 6.39. The van der Waals surface area contributed by atoms with Crippen molar-refractivity contribution in [2.24, 2.45) is 0 Å². The maximum atomic E-state index is 9.02. The van der Waals surface area contributed by atoms with Crippen molar-refractivity contribution in [1.29, 1.82) is 0 Å². The number of ether oxygens (including phenoxy) is 1. The van der Waals surface area contributed by atoms with Crippen LogP contribution in [0.5, 0.6) is 5.75 Å². The molecule has 0 spiro atoms. The predicted molar refractivity (Wildman–Crippen MR) is 49.3 cm³/mol. The van der Waals surface area contributed by atoms with E-state index >= 15 is 0 Å². The van der Waals surface area contributed by atoms with E-state index < -0.39 is 0 Å². The first kappa shape index (κ1) is 8.08. The Kier molecular flexibility index (Phi) is 2.07. The Morgan fingerprint density at radius 2 is 2.33 bits per heavy atom. The lowest BCUT2D eigenvalue weighted by molar-refractivity contribution is 0.281. The molecule has 1 aromatic carbocycles. The lowest BCUT2D eigenvalue weighted by Crippen LogP contribution is -1.90. The molecule has 0 atom stereocenters. The van der Waals surface area contributed by atoms with Gasteiger partial charge >= 0.3 is 0 Å². The minimum atomic E-state index is 0.0962. The van der Waals surface area contributed by atoms with Gasteiger partial charge in [0.1, 0.15) is 5.75 Å². The van der Waals surface area contributed by atoms with Crippen molar-refractivity contribution in [3.05, 3.63) is 27.7 Å². The Labute approximate surface area is 79.3 Å². The molecule has 0 radical (unpaired) electrons. The smallest absolute Gasteiger partial charge is 0.137 e. The Bertz CT molecular complexity index is 310. The zero-order valence-corrected chi connectivity index (χ0v) is 8.10. The van der Waals surface area contributed by atoms with Crippen molar-refractivity contribution in [1.82, 2.24) is 0 Å². The molecule has 1 N–H and O–H groups in total. The Morgan fingerprint density at radius 1 is 1.50 bits per heavy atom. The SMILES string of the molecule is OCc1ccc(Br)c2c1CCO2. The van der Waals surface area contributed by atoms with Crippen molar-refractivity contribution < 1.29 is 9.84 Å². The average molecular weight is 229 g/mol. The van der Waals surface area contributed by atoms with Gasteiger partial charge in [0.15, 0.2) is 0 Å². The number of fused-ring (bicyclic) bond motifs is 1. The van der Waals surface area contributed by atoms with Gasteiger partial charge in [-0.25, -0.2) is 0 Å². The van der Waals surface area contributed by atoms with Crippen LogP contribution in [0, 0.1) is 0 Å². The highest BCUT2D eigenvalue weighted by atomic mass is 79.9. The molecule has 0 saturated carbocycles. The van der Waals surface area contributed by atoms with E-state index in [0.29, 0.717) is 0 Å². The van der Waals surface area contributed by atoms with E-state index in [-0.39, 0.29) is 6.61 Å². The highest BCUT2D eigenvalue weighted by Crippen LogP contribution is 2.35. The minimum absolute atomic E-state index is 0.0962. The maximum absolute atomic E-state index is 9.02. The third kappa shape index (κ3) is 1.13. The number of aliphatic hydroxyl groups is 1. The average Bonchev–Trinajstić information content (AvgIpc) is 2.54. The normalized spacial score (nSPS) is 14.2. The van der Waals surface area contributed by atoms with E-state index in [2.05, 4.69) is 15.9 Å². The van der Waals surface area contributed by atoms with Crippen LogP contribution >= 0.6 is 15.9 Å². The fraction of sp³-hybridized carbons (Fsp3) is 0.333. The molecule has 64 valence electrons.